The Bertz CT molecular complexity index is 1160. The van der Waals surface area contributed by atoms with Crippen LogP contribution in [0.5, 0.6) is 11.5 Å². The third kappa shape index (κ3) is 5.22. The molecule has 2 aromatic carbocycles. The average molecular weight is 418 g/mol. The zero-order valence-corrected chi connectivity index (χ0v) is 17.2. The second-order valence-corrected chi connectivity index (χ2v) is 6.42. The van der Waals surface area contributed by atoms with Gasteiger partial charge in [0.15, 0.2) is 0 Å². The molecular formula is C23H22N4O4. The number of ether oxygens (including phenoxy) is 2. The van der Waals surface area contributed by atoms with Crippen molar-refractivity contribution >= 4 is 11.8 Å². The van der Waals surface area contributed by atoms with Crippen molar-refractivity contribution in [1.29, 1.82) is 0 Å². The van der Waals surface area contributed by atoms with E-state index in [1.807, 2.05) is 24.3 Å². The van der Waals surface area contributed by atoms with Crippen molar-refractivity contribution in [3.8, 4) is 34.6 Å². The Morgan fingerprint density at radius 1 is 1.10 bits per heavy atom. The van der Waals surface area contributed by atoms with Gasteiger partial charge in [-0.1, -0.05) is 36.1 Å². The number of hydrogen-bond acceptors (Lipinski definition) is 5. The molecule has 0 aliphatic rings. The minimum Gasteiger partial charge on any atom is -0.496 e. The van der Waals surface area contributed by atoms with E-state index < -0.39 is 5.91 Å². The molecule has 31 heavy (non-hydrogen) atoms. The van der Waals surface area contributed by atoms with Crippen molar-refractivity contribution in [1.82, 2.24) is 15.1 Å². The number of para-hydroxylation sites is 2. The lowest BCUT2D eigenvalue weighted by Crippen LogP contribution is -2.25. The van der Waals surface area contributed by atoms with Crippen molar-refractivity contribution in [3.05, 3.63) is 65.9 Å². The predicted octanol–water partition coefficient (Wildman–Crippen LogP) is 2.01. The summed E-state index contributed by atoms with van der Waals surface area (Å²) < 4.78 is 12.3. The van der Waals surface area contributed by atoms with Gasteiger partial charge in [0.2, 0.25) is 0 Å². The molecule has 0 saturated carbocycles. The topological polar surface area (TPSA) is 108 Å². The average Bonchev–Trinajstić information content (AvgIpc) is 3.17. The molecule has 0 aliphatic heterocycles. The van der Waals surface area contributed by atoms with Crippen molar-refractivity contribution < 1.29 is 19.1 Å². The summed E-state index contributed by atoms with van der Waals surface area (Å²) in [4.78, 5) is 23.9. The van der Waals surface area contributed by atoms with Crippen LogP contribution in [-0.4, -0.2) is 41.9 Å². The molecule has 3 N–H and O–H groups in total. The maximum atomic E-state index is 12.5. The quantitative estimate of drug-likeness (QED) is 0.571. The molecule has 8 heteroatoms. The molecule has 0 unspecified atom stereocenters. The molecule has 0 spiro atoms. The Hall–Kier alpha value is -4.25. The number of carbonyl (C=O) groups is 2. The van der Waals surface area contributed by atoms with Gasteiger partial charge in [0.05, 0.1) is 24.9 Å². The maximum Gasteiger partial charge on any atom is 0.270 e. The molecule has 0 fully saturated rings. The molecule has 3 aromatic rings. The van der Waals surface area contributed by atoms with Gasteiger partial charge >= 0.3 is 0 Å². The number of primary amides is 1. The smallest absolute Gasteiger partial charge is 0.270 e. The third-order valence-electron chi connectivity index (χ3n) is 4.41. The van der Waals surface area contributed by atoms with E-state index in [0.717, 1.165) is 5.56 Å². The van der Waals surface area contributed by atoms with Gasteiger partial charge in [-0.05, 0) is 30.3 Å². The number of benzene rings is 2. The van der Waals surface area contributed by atoms with E-state index in [9.17, 15) is 9.59 Å². The van der Waals surface area contributed by atoms with Crippen LogP contribution in [0.1, 0.15) is 20.8 Å². The highest BCUT2D eigenvalue weighted by molar-refractivity contribution is 5.95. The molecule has 0 radical (unpaired) electrons. The molecule has 0 bridgehead atoms. The van der Waals surface area contributed by atoms with E-state index in [2.05, 4.69) is 22.3 Å². The first-order valence-corrected chi connectivity index (χ1v) is 9.44. The Kier molecular flexibility index (Phi) is 6.91. The summed E-state index contributed by atoms with van der Waals surface area (Å²) in [6.07, 6.45) is 0. The van der Waals surface area contributed by atoms with Crippen LogP contribution in [0.25, 0.3) is 11.3 Å². The number of carbonyl (C=O) groups excluding carboxylic acids is 2. The van der Waals surface area contributed by atoms with Gasteiger partial charge in [0, 0.05) is 12.6 Å². The first kappa shape index (κ1) is 21.5. The summed E-state index contributed by atoms with van der Waals surface area (Å²) in [6.45, 7) is 0.193. The van der Waals surface area contributed by atoms with Gasteiger partial charge in [-0.15, -0.1) is 0 Å². The zero-order chi connectivity index (χ0) is 22.2. The Labute approximate surface area is 180 Å². The molecule has 0 atom stereocenters. The lowest BCUT2D eigenvalue weighted by Gasteiger charge is -2.05. The summed E-state index contributed by atoms with van der Waals surface area (Å²) in [7, 11) is 3.29. The van der Waals surface area contributed by atoms with Crippen molar-refractivity contribution in [3.63, 3.8) is 0 Å². The van der Waals surface area contributed by atoms with Gasteiger partial charge < -0.3 is 20.5 Å². The summed E-state index contributed by atoms with van der Waals surface area (Å²) in [5.74, 6) is 5.77. The van der Waals surface area contributed by atoms with Crippen LogP contribution in [0.3, 0.4) is 0 Å². The molecule has 3 rings (SSSR count). The van der Waals surface area contributed by atoms with Crippen LogP contribution >= 0.6 is 0 Å². The highest BCUT2D eigenvalue weighted by atomic mass is 16.5. The summed E-state index contributed by atoms with van der Waals surface area (Å²) >= 11 is 0. The number of amides is 2. The first-order valence-electron chi connectivity index (χ1n) is 9.44. The van der Waals surface area contributed by atoms with Crippen molar-refractivity contribution in [2.75, 3.05) is 20.3 Å². The minimum atomic E-state index is -0.570. The van der Waals surface area contributed by atoms with Gasteiger partial charge in [0.1, 0.15) is 23.8 Å². The number of nitrogens with zero attached hydrogens (tertiary/aromatic N) is 2. The van der Waals surface area contributed by atoms with E-state index in [-0.39, 0.29) is 19.1 Å². The highest BCUT2D eigenvalue weighted by Crippen LogP contribution is 2.28. The second kappa shape index (κ2) is 9.98. The molecular weight excluding hydrogens is 396 g/mol. The Morgan fingerprint density at radius 3 is 2.55 bits per heavy atom. The molecule has 8 nitrogen and oxygen atoms in total. The van der Waals surface area contributed by atoms with Gasteiger partial charge in [-0.25, -0.2) is 0 Å². The van der Waals surface area contributed by atoms with E-state index in [0.29, 0.717) is 28.5 Å². The standard InChI is InChI=1S/C23H22N4O4/c1-27-19(15-18(26-27)16-9-3-5-11-20(16)30-2)23(29)25-13-7-8-14-31-21-12-6-4-10-17(21)22(24)28/h3-6,9-12,15H,13-14H2,1-2H3,(H2,24,28)(H,25,29). The highest BCUT2D eigenvalue weighted by Gasteiger charge is 2.15. The molecule has 2 amide bonds. The second-order valence-electron chi connectivity index (χ2n) is 6.42. The monoisotopic (exact) mass is 418 g/mol. The fourth-order valence-electron chi connectivity index (χ4n) is 2.91. The summed E-state index contributed by atoms with van der Waals surface area (Å²) in [6, 6.07) is 15.8. The number of nitrogens with two attached hydrogens (primary N) is 1. The summed E-state index contributed by atoms with van der Waals surface area (Å²) in [5.41, 5.74) is 7.43. The van der Waals surface area contributed by atoms with Gasteiger partial charge in [-0.3, -0.25) is 14.3 Å². The van der Waals surface area contributed by atoms with Gasteiger partial charge in [0.25, 0.3) is 11.8 Å². The van der Waals surface area contributed by atoms with Crippen LogP contribution in [0.4, 0.5) is 0 Å². The molecule has 1 aromatic heterocycles. The minimum absolute atomic E-state index is 0.0593. The molecule has 1 heterocycles. The van der Waals surface area contributed by atoms with Crippen LogP contribution < -0.4 is 20.5 Å². The molecule has 0 saturated heterocycles. The predicted molar refractivity (Wildman–Crippen MR) is 116 cm³/mol. The Balaban J connectivity index is 1.57. The van der Waals surface area contributed by atoms with Crippen LogP contribution in [-0.2, 0) is 7.05 Å². The Morgan fingerprint density at radius 2 is 1.81 bits per heavy atom. The largest absolute Gasteiger partial charge is 0.496 e. The zero-order valence-electron chi connectivity index (χ0n) is 17.2. The van der Waals surface area contributed by atoms with Crippen molar-refractivity contribution in [2.45, 2.75) is 0 Å². The number of hydrogen-bond donors (Lipinski definition) is 2. The fraction of sp³-hybridized carbons (Fsp3) is 0.174. The number of nitrogens with one attached hydrogen (secondary N) is 1. The van der Waals surface area contributed by atoms with Crippen LogP contribution in [0.2, 0.25) is 0 Å². The van der Waals surface area contributed by atoms with Crippen molar-refractivity contribution in [2.24, 2.45) is 12.8 Å². The molecule has 0 aliphatic carbocycles. The first-order chi connectivity index (χ1) is 15.0. The fourth-order valence-corrected chi connectivity index (χ4v) is 2.91. The number of aromatic nitrogens is 2. The molecule has 158 valence electrons. The van der Waals surface area contributed by atoms with E-state index in [1.54, 1.807) is 44.5 Å². The number of aryl methyl sites for hydroxylation is 1. The van der Waals surface area contributed by atoms with Crippen LogP contribution in [0.15, 0.2) is 54.6 Å². The SMILES string of the molecule is COc1ccccc1-c1cc(C(=O)NCC#CCOc2ccccc2C(N)=O)n(C)n1. The lowest BCUT2D eigenvalue weighted by atomic mass is 10.1. The number of methoxy groups -OCH3 is 1. The third-order valence-corrected chi connectivity index (χ3v) is 4.41. The van der Waals surface area contributed by atoms with Gasteiger partial charge in [-0.2, -0.15) is 5.10 Å². The van der Waals surface area contributed by atoms with E-state index >= 15 is 0 Å². The maximum absolute atomic E-state index is 12.5. The van der Waals surface area contributed by atoms with E-state index in [4.69, 9.17) is 15.2 Å². The number of rotatable bonds is 7. The normalized spacial score (nSPS) is 10.0. The van der Waals surface area contributed by atoms with Crippen LogP contribution in [0, 0.1) is 11.8 Å². The lowest BCUT2D eigenvalue weighted by molar-refractivity contribution is 0.0947. The van der Waals surface area contributed by atoms with E-state index in [1.165, 1.54) is 4.68 Å². The summed E-state index contributed by atoms with van der Waals surface area (Å²) in [5, 5.41) is 7.13.